The van der Waals surface area contributed by atoms with Gasteiger partial charge < -0.3 is 5.32 Å². The molecule has 108 valence electrons. The van der Waals surface area contributed by atoms with Crippen LogP contribution in [0.1, 0.15) is 20.3 Å². The Morgan fingerprint density at radius 1 is 1.37 bits per heavy atom. The molecule has 2 N–H and O–H groups in total. The summed E-state index contributed by atoms with van der Waals surface area (Å²) in [5.41, 5.74) is -0.0359. The lowest BCUT2D eigenvalue weighted by Crippen LogP contribution is -2.26. The molecule has 0 radical (unpaired) electrons. The second kappa shape index (κ2) is 7.21. The van der Waals surface area contributed by atoms with Crippen LogP contribution in [0.5, 0.6) is 0 Å². The maximum atomic E-state index is 13.4. The average Bonchev–Trinajstić information content (AvgIpc) is 2.29. The van der Waals surface area contributed by atoms with E-state index < -0.39 is 15.8 Å². The van der Waals surface area contributed by atoms with Crippen LogP contribution in [0.15, 0.2) is 22.7 Å². The van der Waals surface area contributed by atoms with Crippen molar-refractivity contribution in [1.29, 1.82) is 0 Å². The molecule has 0 saturated carbocycles. The molecule has 0 aliphatic heterocycles. The monoisotopic (exact) mass is 352 g/mol. The maximum absolute atomic E-state index is 13.4. The fraction of sp³-hybridized carbons (Fsp3) is 0.500. The third kappa shape index (κ3) is 6.35. The van der Waals surface area contributed by atoms with Crippen molar-refractivity contribution < 1.29 is 12.8 Å². The minimum absolute atomic E-state index is 0.0359. The van der Waals surface area contributed by atoms with Gasteiger partial charge in [0.05, 0.1) is 11.4 Å². The zero-order valence-corrected chi connectivity index (χ0v) is 13.3. The Bertz CT molecular complexity index is 520. The predicted molar refractivity (Wildman–Crippen MR) is 79.3 cm³/mol. The lowest BCUT2D eigenvalue weighted by atomic mass is 10.3. The molecule has 1 rings (SSSR count). The zero-order valence-electron chi connectivity index (χ0n) is 10.9. The zero-order chi connectivity index (χ0) is 14.5. The lowest BCUT2D eigenvalue weighted by molar-refractivity contribution is 0.570. The summed E-state index contributed by atoms with van der Waals surface area (Å²) < 4.78 is 39.9. The second-order valence-corrected chi connectivity index (χ2v) is 7.27. The number of rotatable bonds is 7. The van der Waals surface area contributed by atoms with E-state index in [1.807, 2.05) is 13.8 Å². The van der Waals surface area contributed by atoms with Crippen LogP contribution < -0.4 is 10.0 Å². The Morgan fingerprint density at radius 2 is 2.05 bits per heavy atom. The van der Waals surface area contributed by atoms with E-state index in [9.17, 15) is 12.8 Å². The molecule has 0 bridgehead atoms. The van der Waals surface area contributed by atoms with Crippen molar-refractivity contribution in [1.82, 2.24) is 5.32 Å². The van der Waals surface area contributed by atoms with E-state index in [2.05, 4.69) is 26.0 Å². The van der Waals surface area contributed by atoms with Gasteiger partial charge in [0.15, 0.2) is 0 Å². The van der Waals surface area contributed by atoms with Gasteiger partial charge in [-0.25, -0.2) is 12.8 Å². The third-order valence-corrected chi connectivity index (χ3v) is 4.19. The van der Waals surface area contributed by atoms with Gasteiger partial charge in [-0.05, 0) is 31.2 Å². The molecule has 0 spiro atoms. The molecule has 0 aliphatic carbocycles. The first kappa shape index (κ1) is 16.4. The number of sulfonamides is 1. The number of hydrogen-bond acceptors (Lipinski definition) is 3. The molecule has 7 heteroatoms. The van der Waals surface area contributed by atoms with Crippen molar-refractivity contribution in [2.24, 2.45) is 0 Å². The molecule has 1 aromatic carbocycles. The summed E-state index contributed by atoms with van der Waals surface area (Å²) in [4.78, 5) is 0. The Hall–Kier alpha value is -0.660. The lowest BCUT2D eigenvalue weighted by Gasteiger charge is -2.10. The van der Waals surface area contributed by atoms with E-state index in [0.29, 0.717) is 23.5 Å². The quantitative estimate of drug-likeness (QED) is 0.741. The van der Waals surface area contributed by atoms with Crippen LogP contribution in [0.3, 0.4) is 0 Å². The maximum Gasteiger partial charge on any atom is 0.232 e. The normalized spacial score (nSPS) is 11.8. The van der Waals surface area contributed by atoms with Crippen molar-refractivity contribution >= 4 is 31.6 Å². The van der Waals surface area contributed by atoms with Crippen LogP contribution in [0.2, 0.25) is 0 Å². The van der Waals surface area contributed by atoms with E-state index in [4.69, 9.17) is 0 Å². The van der Waals surface area contributed by atoms with Crippen LogP contribution in [-0.4, -0.2) is 26.8 Å². The molecule has 0 saturated heterocycles. The van der Waals surface area contributed by atoms with E-state index in [0.717, 1.165) is 0 Å². The molecule has 0 heterocycles. The van der Waals surface area contributed by atoms with Crippen molar-refractivity contribution in [3.8, 4) is 0 Å². The van der Waals surface area contributed by atoms with Crippen LogP contribution >= 0.6 is 15.9 Å². The van der Waals surface area contributed by atoms with Crippen LogP contribution in [0.4, 0.5) is 10.1 Å². The summed E-state index contributed by atoms with van der Waals surface area (Å²) in [7, 11) is -3.52. The summed E-state index contributed by atoms with van der Waals surface area (Å²) in [6.45, 7) is 4.59. The smallest absolute Gasteiger partial charge is 0.232 e. The molecular weight excluding hydrogens is 335 g/mol. The van der Waals surface area contributed by atoms with Gasteiger partial charge in [0, 0.05) is 10.5 Å². The topological polar surface area (TPSA) is 58.2 Å². The summed E-state index contributed by atoms with van der Waals surface area (Å²) in [5, 5.41) is 3.13. The van der Waals surface area contributed by atoms with Crippen LogP contribution in [0.25, 0.3) is 0 Å². The number of nitrogens with one attached hydrogen (secondary N) is 2. The molecule has 0 unspecified atom stereocenters. The summed E-state index contributed by atoms with van der Waals surface area (Å²) >= 11 is 3.17. The minimum Gasteiger partial charge on any atom is -0.314 e. The first-order valence-electron chi connectivity index (χ1n) is 5.99. The molecule has 1 aromatic rings. The third-order valence-electron chi connectivity index (χ3n) is 2.34. The average molecular weight is 353 g/mol. The van der Waals surface area contributed by atoms with E-state index >= 15 is 0 Å². The van der Waals surface area contributed by atoms with Crippen molar-refractivity contribution in [2.75, 3.05) is 17.0 Å². The van der Waals surface area contributed by atoms with Crippen molar-refractivity contribution in [3.05, 3.63) is 28.5 Å². The van der Waals surface area contributed by atoms with E-state index in [1.54, 1.807) is 0 Å². The van der Waals surface area contributed by atoms with Gasteiger partial charge in [-0.1, -0.05) is 29.8 Å². The first-order valence-corrected chi connectivity index (χ1v) is 8.43. The Labute approximate surface area is 122 Å². The Kier molecular flexibility index (Phi) is 6.22. The first-order chi connectivity index (χ1) is 8.80. The predicted octanol–water partition coefficient (Wildman–Crippen LogP) is 2.72. The van der Waals surface area contributed by atoms with Crippen molar-refractivity contribution in [2.45, 2.75) is 26.3 Å². The molecule has 0 atom stereocenters. The van der Waals surface area contributed by atoms with Gasteiger partial charge in [0.25, 0.3) is 0 Å². The number of anilines is 1. The molecule has 0 amide bonds. The van der Waals surface area contributed by atoms with Gasteiger partial charge >= 0.3 is 0 Å². The highest BCUT2D eigenvalue weighted by molar-refractivity contribution is 9.10. The minimum atomic E-state index is -3.52. The van der Waals surface area contributed by atoms with Gasteiger partial charge in [-0.15, -0.1) is 0 Å². The molecular formula is C12H18BrFN2O2S. The second-order valence-electron chi connectivity index (χ2n) is 4.51. The highest BCUT2D eigenvalue weighted by Gasteiger charge is 2.13. The van der Waals surface area contributed by atoms with Gasteiger partial charge in [0.2, 0.25) is 10.0 Å². The van der Waals surface area contributed by atoms with Gasteiger partial charge in [-0.3, -0.25) is 4.72 Å². The Morgan fingerprint density at radius 3 is 2.68 bits per heavy atom. The highest BCUT2D eigenvalue weighted by Crippen LogP contribution is 2.21. The summed E-state index contributed by atoms with van der Waals surface area (Å²) in [6.07, 6.45) is 0.475. The van der Waals surface area contributed by atoms with Crippen LogP contribution in [0, 0.1) is 5.82 Å². The van der Waals surface area contributed by atoms with E-state index in [-0.39, 0.29) is 11.4 Å². The summed E-state index contributed by atoms with van der Waals surface area (Å²) in [6, 6.07) is 4.44. The summed E-state index contributed by atoms with van der Waals surface area (Å²) in [5.74, 6) is -0.634. The standard InChI is InChI=1S/C12H18BrFN2O2S/c1-9(2)15-6-3-7-19(17,18)16-12-8-10(13)4-5-11(12)14/h4-5,8-9,15-16H,3,6-7H2,1-2H3. The fourth-order valence-corrected chi connectivity index (χ4v) is 2.93. The van der Waals surface area contributed by atoms with Crippen molar-refractivity contribution in [3.63, 3.8) is 0 Å². The molecule has 0 aromatic heterocycles. The van der Waals surface area contributed by atoms with Gasteiger partial charge in [-0.2, -0.15) is 0 Å². The highest BCUT2D eigenvalue weighted by atomic mass is 79.9. The number of halogens is 2. The molecule has 0 aliphatic rings. The molecule has 19 heavy (non-hydrogen) atoms. The Balaban J connectivity index is 2.57. The SMILES string of the molecule is CC(C)NCCCS(=O)(=O)Nc1cc(Br)ccc1F. The van der Waals surface area contributed by atoms with E-state index in [1.165, 1.54) is 18.2 Å². The largest absolute Gasteiger partial charge is 0.314 e. The van der Waals surface area contributed by atoms with Gasteiger partial charge in [0.1, 0.15) is 5.82 Å². The van der Waals surface area contributed by atoms with Crippen LogP contribution in [-0.2, 0) is 10.0 Å². The number of benzene rings is 1. The fourth-order valence-electron chi connectivity index (χ4n) is 1.45. The number of hydrogen-bond donors (Lipinski definition) is 2. The molecule has 4 nitrogen and oxygen atoms in total. The molecule has 0 fully saturated rings.